The monoisotopic (exact) mass is 366 g/mol. The minimum atomic E-state index is -1.37. The third kappa shape index (κ3) is 2.72. The lowest BCUT2D eigenvalue weighted by Crippen LogP contribution is -2.40. The van der Waals surface area contributed by atoms with Crippen molar-refractivity contribution >= 4 is 23.2 Å². The first-order chi connectivity index (χ1) is 13.1. The topological polar surface area (TPSA) is 77.1 Å². The van der Waals surface area contributed by atoms with Gasteiger partial charge in [0.25, 0.3) is 5.91 Å². The minimum Gasteiger partial charge on any atom is -0.497 e. The van der Waals surface area contributed by atoms with Crippen molar-refractivity contribution in [3.05, 3.63) is 60.2 Å². The number of para-hydroxylation sites is 1. The van der Waals surface area contributed by atoms with E-state index in [0.717, 1.165) is 4.90 Å². The van der Waals surface area contributed by atoms with Gasteiger partial charge < -0.3 is 9.47 Å². The van der Waals surface area contributed by atoms with E-state index in [-0.39, 0.29) is 12.3 Å². The number of anilines is 1. The summed E-state index contributed by atoms with van der Waals surface area (Å²) in [5, 5.41) is 0. The number of imide groups is 1. The summed E-state index contributed by atoms with van der Waals surface area (Å²) in [6, 6.07) is 14.1. The molecule has 2 aromatic carbocycles. The second kappa shape index (κ2) is 6.44. The van der Waals surface area contributed by atoms with Gasteiger partial charge in [-0.1, -0.05) is 18.2 Å². The second-order valence-corrected chi connectivity index (χ2v) is 6.26. The maximum atomic E-state index is 13.0. The van der Waals surface area contributed by atoms with Crippen molar-refractivity contribution < 1.29 is 23.9 Å². The van der Waals surface area contributed by atoms with Crippen LogP contribution in [0.2, 0.25) is 0 Å². The number of carbonyl (C=O) groups excluding carboxylic acids is 2. The van der Waals surface area contributed by atoms with Crippen molar-refractivity contribution in [1.29, 1.82) is 0 Å². The van der Waals surface area contributed by atoms with E-state index in [1.807, 2.05) is 6.07 Å². The Morgan fingerprint density at radius 2 is 1.85 bits per heavy atom. The van der Waals surface area contributed by atoms with E-state index in [4.69, 9.17) is 14.3 Å². The number of nitrogens with zero attached hydrogens (tertiary/aromatic N) is 1. The third-order valence-corrected chi connectivity index (χ3v) is 4.66. The van der Waals surface area contributed by atoms with Gasteiger partial charge in [-0.15, -0.1) is 0 Å². The van der Waals surface area contributed by atoms with Crippen LogP contribution in [0.25, 0.3) is 5.70 Å². The highest BCUT2D eigenvalue weighted by atomic mass is 16.7. The van der Waals surface area contributed by atoms with Gasteiger partial charge in [0.1, 0.15) is 11.5 Å². The minimum absolute atomic E-state index is 0.0737. The molecule has 1 saturated heterocycles. The van der Waals surface area contributed by atoms with Crippen molar-refractivity contribution in [3.8, 4) is 11.5 Å². The molecule has 1 N–H and O–H groups in total. The van der Waals surface area contributed by atoms with Gasteiger partial charge in [0.05, 0.1) is 32.0 Å². The SMILES string of the molecule is COc1ccc(C2=C[C@]3(CC(=O)N(c4ccccc4)C3=O)ON2)c(OC)c1. The van der Waals surface area contributed by atoms with E-state index < -0.39 is 11.5 Å². The molecule has 0 bridgehead atoms. The Morgan fingerprint density at radius 1 is 1.07 bits per heavy atom. The molecule has 0 saturated carbocycles. The number of benzene rings is 2. The molecule has 2 aliphatic rings. The average molecular weight is 366 g/mol. The molecule has 0 aliphatic carbocycles. The van der Waals surface area contributed by atoms with Crippen LogP contribution in [0.5, 0.6) is 11.5 Å². The average Bonchev–Trinajstić information content (AvgIpc) is 3.23. The van der Waals surface area contributed by atoms with E-state index in [9.17, 15) is 9.59 Å². The lowest BCUT2D eigenvalue weighted by atomic mass is 9.99. The summed E-state index contributed by atoms with van der Waals surface area (Å²) in [5.41, 5.74) is 3.20. The first kappa shape index (κ1) is 17.1. The Kier molecular flexibility index (Phi) is 4.08. The Balaban J connectivity index is 1.70. The molecule has 2 amide bonds. The molecular formula is C20H18N2O5. The molecule has 0 unspecified atom stereocenters. The summed E-state index contributed by atoms with van der Waals surface area (Å²) in [7, 11) is 3.12. The number of carbonyl (C=O) groups is 2. The van der Waals surface area contributed by atoms with Crippen LogP contribution >= 0.6 is 0 Å². The number of hydroxylamine groups is 1. The summed E-state index contributed by atoms with van der Waals surface area (Å²) in [4.78, 5) is 32.3. The van der Waals surface area contributed by atoms with Crippen LogP contribution < -0.4 is 19.9 Å². The van der Waals surface area contributed by atoms with Gasteiger partial charge in [0.2, 0.25) is 11.5 Å². The van der Waals surface area contributed by atoms with E-state index >= 15 is 0 Å². The van der Waals surface area contributed by atoms with Crippen molar-refractivity contribution in [1.82, 2.24) is 5.48 Å². The summed E-state index contributed by atoms with van der Waals surface area (Å²) < 4.78 is 10.6. The van der Waals surface area contributed by atoms with Gasteiger partial charge >= 0.3 is 0 Å². The lowest BCUT2D eigenvalue weighted by molar-refractivity contribution is -0.136. The molecule has 2 heterocycles. The van der Waals surface area contributed by atoms with Crippen LogP contribution in [-0.4, -0.2) is 31.6 Å². The molecule has 27 heavy (non-hydrogen) atoms. The first-order valence-electron chi connectivity index (χ1n) is 8.40. The van der Waals surface area contributed by atoms with Gasteiger partial charge in [-0.2, -0.15) is 0 Å². The predicted molar refractivity (Wildman–Crippen MR) is 98.0 cm³/mol. The summed E-state index contributed by atoms with van der Waals surface area (Å²) in [6.45, 7) is 0. The Morgan fingerprint density at radius 3 is 2.56 bits per heavy atom. The molecule has 1 fully saturated rings. The Hall–Kier alpha value is -3.32. The molecule has 0 aromatic heterocycles. The number of rotatable bonds is 4. The highest BCUT2D eigenvalue weighted by Gasteiger charge is 2.55. The fourth-order valence-electron chi connectivity index (χ4n) is 3.30. The smallest absolute Gasteiger partial charge is 0.273 e. The zero-order valence-corrected chi connectivity index (χ0v) is 14.9. The molecule has 7 nitrogen and oxygen atoms in total. The van der Waals surface area contributed by atoms with Gasteiger partial charge in [-0.3, -0.25) is 19.9 Å². The third-order valence-electron chi connectivity index (χ3n) is 4.66. The van der Waals surface area contributed by atoms with Crippen LogP contribution in [-0.2, 0) is 14.4 Å². The maximum Gasteiger partial charge on any atom is 0.273 e. The van der Waals surface area contributed by atoms with Crippen molar-refractivity contribution in [2.45, 2.75) is 12.0 Å². The fraction of sp³-hybridized carbons (Fsp3) is 0.200. The van der Waals surface area contributed by atoms with E-state index in [2.05, 4.69) is 5.48 Å². The van der Waals surface area contributed by atoms with Crippen LogP contribution in [0.1, 0.15) is 12.0 Å². The molecule has 2 aliphatic heterocycles. The predicted octanol–water partition coefficient (Wildman–Crippen LogP) is 2.28. The molecule has 7 heteroatoms. The molecule has 4 rings (SSSR count). The summed E-state index contributed by atoms with van der Waals surface area (Å²) >= 11 is 0. The fourth-order valence-corrected chi connectivity index (χ4v) is 3.30. The first-order valence-corrected chi connectivity index (χ1v) is 8.40. The van der Waals surface area contributed by atoms with Gasteiger partial charge in [0, 0.05) is 11.6 Å². The highest BCUT2D eigenvalue weighted by Crippen LogP contribution is 2.40. The number of nitrogens with one attached hydrogen (secondary N) is 1. The lowest BCUT2D eigenvalue weighted by Gasteiger charge is -2.18. The summed E-state index contributed by atoms with van der Waals surface area (Å²) in [5.74, 6) is 0.471. The number of hydrogen-bond acceptors (Lipinski definition) is 6. The van der Waals surface area contributed by atoms with Crippen molar-refractivity contribution in [3.63, 3.8) is 0 Å². The highest BCUT2D eigenvalue weighted by molar-refractivity contribution is 6.25. The van der Waals surface area contributed by atoms with Crippen LogP contribution in [0.4, 0.5) is 5.69 Å². The van der Waals surface area contributed by atoms with E-state index in [1.54, 1.807) is 62.8 Å². The number of methoxy groups -OCH3 is 2. The molecule has 1 spiro atoms. The quantitative estimate of drug-likeness (QED) is 0.837. The normalized spacial score (nSPS) is 21.4. The van der Waals surface area contributed by atoms with Crippen molar-refractivity contribution in [2.75, 3.05) is 19.1 Å². The molecule has 0 radical (unpaired) electrons. The largest absolute Gasteiger partial charge is 0.497 e. The zero-order valence-electron chi connectivity index (χ0n) is 14.9. The summed E-state index contributed by atoms with van der Waals surface area (Å²) in [6.07, 6.45) is 1.57. The van der Waals surface area contributed by atoms with E-state index in [1.165, 1.54) is 0 Å². The van der Waals surface area contributed by atoms with Gasteiger partial charge in [-0.25, -0.2) is 4.90 Å². The second-order valence-electron chi connectivity index (χ2n) is 6.26. The van der Waals surface area contributed by atoms with Crippen molar-refractivity contribution in [2.24, 2.45) is 0 Å². The van der Waals surface area contributed by atoms with E-state index in [0.29, 0.717) is 28.4 Å². The van der Waals surface area contributed by atoms with Gasteiger partial charge in [-0.05, 0) is 30.3 Å². The standard InChI is InChI=1S/C20H18N2O5/c1-25-14-8-9-15(17(10-14)26-2)16-11-20(27-21-16)12-18(23)22(19(20)24)13-6-4-3-5-7-13/h3-11,21H,12H2,1-2H3/t20-/m1/s1. The maximum absolute atomic E-state index is 13.0. The van der Waals surface area contributed by atoms with Gasteiger partial charge in [0.15, 0.2) is 0 Å². The van der Waals surface area contributed by atoms with Crippen LogP contribution in [0, 0.1) is 0 Å². The number of hydrogen-bond donors (Lipinski definition) is 1. The number of ether oxygens (including phenoxy) is 2. The Bertz CT molecular complexity index is 941. The van der Waals surface area contributed by atoms with Crippen LogP contribution in [0.15, 0.2) is 54.6 Å². The number of amides is 2. The van der Waals surface area contributed by atoms with Crippen LogP contribution in [0.3, 0.4) is 0 Å². The molecule has 1 atom stereocenters. The molecular weight excluding hydrogens is 348 g/mol. The Labute approximate surface area is 156 Å². The molecule has 2 aromatic rings. The zero-order chi connectivity index (χ0) is 19.0. The molecule has 138 valence electrons.